The van der Waals surface area contributed by atoms with E-state index >= 15 is 0 Å². The summed E-state index contributed by atoms with van der Waals surface area (Å²) in [6.45, 7) is 2.81. The van der Waals surface area contributed by atoms with Gasteiger partial charge in [-0.2, -0.15) is 0 Å². The van der Waals surface area contributed by atoms with E-state index in [0.717, 1.165) is 23.3 Å². The van der Waals surface area contributed by atoms with E-state index in [1.807, 2.05) is 55.5 Å². The normalized spacial score (nSPS) is 18.9. The molecule has 0 aliphatic heterocycles. The highest BCUT2D eigenvalue weighted by atomic mass is 16.5. The van der Waals surface area contributed by atoms with Gasteiger partial charge in [0.15, 0.2) is 0 Å². The van der Waals surface area contributed by atoms with E-state index in [2.05, 4.69) is 5.32 Å². The first kappa shape index (κ1) is 16.5. The van der Waals surface area contributed by atoms with Crippen LogP contribution >= 0.6 is 0 Å². The fourth-order valence-corrected chi connectivity index (χ4v) is 3.21. The lowest BCUT2D eigenvalue weighted by atomic mass is 9.96. The predicted octanol–water partition coefficient (Wildman–Crippen LogP) is 2.58. The average Bonchev–Trinajstić information content (AvgIpc) is 2.93. The first-order chi connectivity index (χ1) is 11.6. The van der Waals surface area contributed by atoms with Crippen molar-refractivity contribution in [1.82, 2.24) is 5.32 Å². The minimum atomic E-state index is -0.953. The smallest absolute Gasteiger partial charge is 0.224 e. The van der Waals surface area contributed by atoms with Crippen LogP contribution in [0.3, 0.4) is 0 Å². The maximum Gasteiger partial charge on any atom is 0.224 e. The number of carbonyl (C=O) groups excluding carboxylic acids is 1. The van der Waals surface area contributed by atoms with Crippen LogP contribution in [0.1, 0.15) is 30.0 Å². The average molecular weight is 325 g/mol. The second-order valence-corrected chi connectivity index (χ2v) is 6.22. The third kappa shape index (κ3) is 3.60. The first-order valence-corrected chi connectivity index (χ1v) is 8.40. The number of benzene rings is 2. The maximum atomic E-state index is 12.2. The van der Waals surface area contributed by atoms with Gasteiger partial charge in [-0.15, -0.1) is 0 Å². The summed E-state index contributed by atoms with van der Waals surface area (Å²) in [4.78, 5) is 12.2. The lowest BCUT2D eigenvalue weighted by Crippen LogP contribution is -2.39. The van der Waals surface area contributed by atoms with E-state index in [-0.39, 0.29) is 12.5 Å². The Labute approximate surface area is 142 Å². The third-order valence-corrected chi connectivity index (χ3v) is 4.50. The van der Waals surface area contributed by atoms with Crippen molar-refractivity contribution in [2.24, 2.45) is 0 Å². The van der Waals surface area contributed by atoms with Gasteiger partial charge in [0.25, 0.3) is 0 Å². The zero-order chi connectivity index (χ0) is 17.0. The summed E-state index contributed by atoms with van der Waals surface area (Å²) in [5.41, 5.74) is 2.08. The van der Waals surface area contributed by atoms with Crippen LogP contribution in [-0.2, 0) is 23.2 Å². The molecule has 2 aromatic rings. The van der Waals surface area contributed by atoms with E-state index in [1.165, 1.54) is 5.56 Å². The summed E-state index contributed by atoms with van der Waals surface area (Å²) in [5.74, 6) is 0.718. The number of hydrogen-bond acceptors (Lipinski definition) is 3. The van der Waals surface area contributed by atoms with Gasteiger partial charge in [0.05, 0.1) is 19.6 Å². The molecule has 4 heteroatoms. The van der Waals surface area contributed by atoms with E-state index in [0.29, 0.717) is 19.4 Å². The van der Waals surface area contributed by atoms with Crippen LogP contribution < -0.4 is 10.1 Å². The quantitative estimate of drug-likeness (QED) is 0.858. The fourth-order valence-electron chi connectivity index (χ4n) is 3.21. The summed E-state index contributed by atoms with van der Waals surface area (Å²) in [6, 6.07) is 15.4. The molecule has 0 bridgehead atoms. The SMILES string of the molecule is CCOc1ccc(CC(=O)NCC2(O)CCc3ccccc32)cc1. The molecule has 0 radical (unpaired) electrons. The van der Waals surface area contributed by atoms with Crippen LogP contribution in [0.25, 0.3) is 0 Å². The molecule has 4 nitrogen and oxygen atoms in total. The van der Waals surface area contributed by atoms with Crippen LogP contribution in [0.4, 0.5) is 0 Å². The minimum Gasteiger partial charge on any atom is -0.494 e. The molecule has 0 aromatic heterocycles. The van der Waals surface area contributed by atoms with Gasteiger partial charge >= 0.3 is 0 Å². The van der Waals surface area contributed by atoms with Crippen LogP contribution in [0.5, 0.6) is 5.75 Å². The number of carbonyl (C=O) groups is 1. The Hall–Kier alpha value is -2.33. The van der Waals surface area contributed by atoms with E-state index in [9.17, 15) is 9.90 Å². The third-order valence-electron chi connectivity index (χ3n) is 4.50. The second-order valence-electron chi connectivity index (χ2n) is 6.22. The fraction of sp³-hybridized carbons (Fsp3) is 0.350. The number of aliphatic hydroxyl groups is 1. The predicted molar refractivity (Wildman–Crippen MR) is 93.0 cm³/mol. The Balaban J connectivity index is 1.56. The van der Waals surface area contributed by atoms with Gasteiger partial charge in [0.1, 0.15) is 11.4 Å². The number of aryl methyl sites for hydroxylation is 1. The number of amides is 1. The molecule has 24 heavy (non-hydrogen) atoms. The van der Waals surface area contributed by atoms with Gasteiger partial charge in [0, 0.05) is 0 Å². The minimum absolute atomic E-state index is 0.0861. The number of rotatable bonds is 6. The zero-order valence-corrected chi connectivity index (χ0v) is 13.9. The monoisotopic (exact) mass is 325 g/mol. The lowest BCUT2D eigenvalue weighted by Gasteiger charge is -2.24. The summed E-state index contributed by atoms with van der Waals surface area (Å²) in [5, 5.41) is 13.7. The number of hydrogen-bond donors (Lipinski definition) is 2. The number of ether oxygens (including phenoxy) is 1. The van der Waals surface area contributed by atoms with Crippen LogP contribution in [0.2, 0.25) is 0 Å². The summed E-state index contributed by atoms with van der Waals surface area (Å²) in [6.07, 6.45) is 1.79. The highest BCUT2D eigenvalue weighted by molar-refractivity contribution is 5.78. The molecule has 126 valence electrons. The van der Waals surface area contributed by atoms with Gasteiger partial charge in [-0.05, 0) is 48.6 Å². The second kappa shape index (κ2) is 7.05. The van der Waals surface area contributed by atoms with Crippen molar-refractivity contribution in [3.05, 3.63) is 65.2 Å². The zero-order valence-electron chi connectivity index (χ0n) is 13.9. The van der Waals surface area contributed by atoms with E-state index < -0.39 is 5.60 Å². The van der Waals surface area contributed by atoms with Crippen molar-refractivity contribution < 1.29 is 14.6 Å². The Bertz CT molecular complexity index is 711. The van der Waals surface area contributed by atoms with Crippen molar-refractivity contribution in [3.8, 4) is 5.75 Å². The maximum absolute atomic E-state index is 12.2. The summed E-state index contributed by atoms with van der Waals surface area (Å²) >= 11 is 0. The molecule has 0 saturated carbocycles. The standard InChI is InChI=1S/C20H23NO3/c1-2-24-17-9-7-15(8-10-17)13-19(22)21-14-20(23)12-11-16-5-3-4-6-18(16)20/h3-10,23H,2,11-14H2,1H3,(H,21,22). The molecule has 1 atom stereocenters. The molecule has 1 aliphatic rings. The molecule has 0 spiro atoms. The molecular formula is C20H23NO3. The Morgan fingerprint density at radius 1 is 1.21 bits per heavy atom. The molecule has 0 saturated heterocycles. The lowest BCUT2D eigenvalue weighted by molar-refractivity contribution is -0.121. The molecule has 2 aromatic carbocycles. The Kier molecular flexibility index (Phi) is 4.86. The molecule has 1 aliphatic carbocycles. The van der Waals surface area contributed by atoms with Crippen molar-refractivity contribution in [2.75, 3.05) is 13.2 Å². The largest absolute Gasteiger partial charge is 0.494 e. The summed E-state index contributed by atoms with van der Waals surface area (Å²) < 4.78 is 5.39. The molecule has 1 amide bonds. The Morgan fingerprint density at radius 3 is 2.71 bits per heavy atom. The van der Waals surface area contributed by atoms with Gasteiger partial charge in [-0.3, -0.25) is 4.79 Å². The van der Waals surface area contributed by atoms with Gasteiger partial charge < -0.3 is 15.2 Å². The first-order valence-electron chi connectivity index (χ1n) is 8.40. The number of nitrogens with one attached hydrogen (secondary N) is 1. The van der Waals surface area contributed by atoms with E-state index in [1.54, 1.807) is 0 Å². The van der Waals surface area contributed by atoms with Crippen molar-refractivity contribution in [3.63, 3.8) is 0 Å². The highest BCUT2D eigenvalue weighted by Gasteiger charge is 2.36. The Morgan fingerprint density at radius 2 is 1.96 bits per heavy atom. The summed E-state index contributed by atoms with van der Waals surface area (Å²) in [7, 11) is 0. The molecule has 1 unspecified atom stereocenters. The van der Waals surface area contributed by atoms with Gasteiger partial charge in [-0.25, -0.2) is 0 Å². The molecule has 3 rings (SSSR count). The molecule has 0 heterocycles. The molecule has 0 fully saturated rings. The van der Waals surface area contributed by atoms with Crippen LogP contribution in [-0.4, -0.2) is 24.2 Å². The van der Waals surface area contributed by atoms with Crippen molar-refractivity contribution in [1.29, 1.82) is 0 Å². The molecule has 2 N–H and O–H groups in total. The van der Waals surface area contributed by atoms with Gasteiger partial charge in [-0.1, -0.05) is 36.4 Å². The number of fused-ring (bicyclic) bond motifs is 1. The van der Waals surface area contributed by atoms with Crippen molar-refractivity contribution in [2.45, 2.75) is 31.8 Å². The van der Waals surface area contributed by atoms with Crippen LogP contribution in [0.15, 0.2) is 48.5 Å². The highest BCUT2D eigenvalue weighted by Crippen LogP contribution is 2.36. The van der Waals surface area contributed by atoms with Crippen LogP contribution in [0, 0.1) is 0 Å². The topological polar surface area (TPSA) is 58.6 Å². The van der Waals surface area contributed by atoms with Gasteiger partial charge in [0.2, 0.25) is 5.91 Å². The molecular weight excluding hydrogens is 302 g/mol. The van der Waals surface area contributed by atoms with Crippen molar-refractivity contribution >= 4 is 5.91 Å². The van der Waals surface area contributed by atoms with E-state index in [4.69, 9.17) is 4.74 Å².